The lowest BCUT2D eigenvalue weighted by molar-refractivity contribution is -0.132. The third-order valence-electron chi connectivity index (χ3n) is 10.7. The Kier molecular flexibility index (Phi) is 11.3. The number of carbonyl (C=O) groups is 2. The van der Waals surface area contributed by atoms with E-state index in [1.54, 1.807) is 78.9 Å². The van der Waals surface area contributed by atoms with Crippen LogP contribution >= 0.6 is 0 Å². The molecule has 0 radical (unpaired) electrons. The average Bonchev–Trinajstić information content (AvgIpc) is 4.07. The molecule has 2 atom stereocenters. The summed E-state index contributed by atoms with van der Waals surface area (Å²) in [5.74, 6) is -7.06. The molecule has 0 aliphatic carbocycles. The Hall–Kier alpha value is -7.90. The second kappa shape index (κ2) is 17.5. The molecular formula is C44H36F4N12O4. The van der Waals surface area contributed by atoms with Gasteiger partial charge in [0.05, 0.1) is 83.1 Å². The molecule has 20 heteroatoms. The van der Waals surface area contributed by atoms with Crippen LogP contribution in [0.15, 0.2) is 134 Å². The molecule has 0 saturated carbocycles. The van der Waals surface area contributed by atoms with Gasteiger partial charge in [-0.2, -0.15) is 35.0 Å². The average molecular weight is 873 g/mol. The molecule has 2 aliphatic rings. The molecule has 0 bridgehead atoms. The van der Waals surface area contributed by atoms with Crippen LogP contribution < -0.4 is 9.47 Å². The Morgan fingerprint density at radius 1 is 0.547 bits per heavy atom. The molecular weight excluding hydrogens is 837 g/mol. The number of halogens is 4. The van der Waals surface area contributed by atoms with Crippen molar-refractivity contribution in [3.63, 3.8) is 0 Å². The standard InChI is InChI=1S/2C22H18F2N6O2/c23-22(24)9-12-29(21(31)15-5-1-4-8-18(15)30-26-10-11-27-30)14-19(22)32-20-13-25-16-6-2-3-7-17(16)28-20;23-22(24)9-12-29(20(31)16-6-2-4-8-18(16)30-26-10-11-27-30)14-19(22)32-21-25-13-15-5-1-3-7-17(15)28-21/h2*1-8,10-11,13,19H,9,12,14H2. The van der Waals surface area contributed by atoms with Crippen molar-refractivity contribution >= 4 is 33.8 Å². The van der Waals surface area contributed by atoms with Gasteiger partial charge in [-0.05, 0) is 42.5 Å². The Balaban J connectivity index is 0.000000162. The van der Waals surface area contributed by atoms with Crippen LogP contribution in [0.25, 0.3) is 33.3 Å². The van der Waals surface area contributed by atoms with Crippen LogP contribution in [0.5, 0.6) is 11.9 Å². The number of hydrogen-bond donors (Lipinski definition) is 0. The number of rotatable bonds is 8. The van der Waals surface area contributed by atoms with Crippen molar-refractivity contribution in [2.45, 2.75) is 36.9 Å². The van der Waals surface area contributed by atoms with E-state index in [1.807, 2.05) is 18.2 Å². The van der Waals surface area contributed by atoms with E-state index < -0.39 is 48.7 Å². The maximum absolute atomic E-state index is 14.7. The highest BCUT2D eigenvalue weighted by atomic mass is 19.3. The van der Waals surface area contributed by atoms with Gasteiger partial charge in [-0.15, -0.1) is 0 Å². The van der Waals surface area contributed by atoms with Crippen LogP contribution in [0, 0.1) is 0 Å². The summed E-state index contributed by atoms with van der Waals surface area (Å²) in [7, 11) is 0. The minimum atomic E-state index is -3.13. The third kappa shape index (κ3) is 8.74. The molecule has 0 N–H and O–H groups in total. The van der Waals surface area contributed by atoms with Crippen LogP contribution in [0.2, 0.25) is 0 Å². The van der Waals surface area contributed by atoms with Crippen LogP contribution in [0.3, 0.4) is 0 Å². The zero-order chi connectivity index (χ0) is 44.3. The first-order chi connectivity index (χ1) is 31.0. The van der Waals surface area contributed by atoms with E-state index in [-0.39, 0.29) is 38.1 Å². The van der Waals surface area contributed by atoms with E-state index in [9.17, 15) is 27.2 Å². The van der Waals surface area contributed by atoms with Gasteiger partial charge in [-0.3, -0.25) is 9.59 Å². The van der Waals surface area contributed by atoms with Gasteiger partial charge in [-0.1, -0.05) is 54.6 Å². The maximum atomic E-state index is 14.7. The Labute approximate surface area is 361 Å². The highest BCUT2D eigenvalue weighted by Crippen LogP contribution is 2.34. The molecule has 16 nitrogen and oxygen atoms in total. The molecule has 2 aliphatic heterocycles. The van der Waals surface area contributed by atoms with Gasteiger partial charge in [0, 0.05) is 37.5 Å². The fraction of sp³-hybridized carbons (Fsp3) is 0.227. The first-order valence-electron chi connectivity index (χ1n) is 20.0. The highest BCUT2D eigenvalue weighted by molar-refractivity contribution is 5.98. The lowest BCUT2D eigenvalue weighted by Gasteiger charge is -2.38. The minimum Gasteiger partial charge on any atom is -0.465 e. The number of carbonyl (C=O) groups excluding carboxylic acids is 2. The zero-order valence-corrected chi connectivity index (χ0v) is 33.6. The fourth-order valence-corrected chi connectivity index (χ4v) is 7.32. The minimum absolute atomic E-state index is 0.0104. The summed E-state index contributed by atoms with van der Waals surface area (Å²) in [6.07, 6.45) is 4.65. The number of hydrogen-bond acceptors (Lipinski definition) is 12. The lowest BCUT2D eigenvalue weighted by atomic mass is 10.0. The van der Waals surface area contributed by atoms with Crippen LogP contribution in [-0.2, 0) is 0 Å². The number of piperidine rings is 2. The number of para-hydroxylation sites is 5. The summed E-state index contributed by atoms with van der Waals surface area (Å²) >= 11 is 0. The number of ether oxygens (including phenoxy) is 2. The SMILES string of the molecule is O=C(c1ccccc1-n1nccn1)N1CCC(F)(F)C(Oc2cnc3ccccc3n2)C1.O=C(c1ccccc1-n1nccn1)N1CCC(F)(F)C(Oc2ncc3ccccc3n2)C1. The number of benzene rings is 4. The monoisotopic (exact) mass is 872 g/mol. The summed E-state index contributed by atoms with van der Waals surface area (Å²) in [6, 6.07) is 27.7. The van der Waals surface area contributed by atoms with Crippen molar-refractivity contribution in [2.24, 2.45) is 0 Å². The molecule has 64 heavy (non-hydrogen) atoms. The number of aromatic nitrogens is 10. The predicted molar refractivity (Wildman–Crippen MR) is 222 cm³/mol. The molecule has 8 aromatic rings. The van der Waals surface area contributed by atoms with Crippen molar-refractivity contribution in [1.29, 1.82) is 0 Å². The van der Waals surface area contributed by atoms with Gasteiger partial charge in [0.25, 0.3) is 23.7 Å². The first-order valence-corrected chi connectivity index (χ1v) is 20.0. The zero-order valence-electron chi connectivity index (χ0n) is 33.6. The van der Waals surface area contributed by atoms with E-state index in [4.69, 9.17) is 9.47 Å². The van der Waals surface area contributed by atoms with E-state index in [0.29, 0.717) is 39.1 Å². The third-order valence-corrected chi connectivity index (χ3v) is 10.7. The normalized spacial score (nSPS) is 17.9. The van der Waals surface area contributed by atoms with E-state index in [0.717, 1.165) is 5.39 Å². The number of amides is 2. The van der Waals surface area contributed by atoms with Gasteiger partial charge in [0.15, 0.2) is 12.2 Å². The smallest absolute Gasteiger partial charge is 0.317 e. The van der Waals surface area contributed by atoms with E-state index in [1.165, 1.54) is 56.6 Å². The van der Waals surface area contributed by atoms with Gasteiger partial charge in [-0.25, -0.2) is 32.5 Å². The Bertz CT molecular complexity index is 2730. The number of alkyl halides is 4. The summed E-state index contributed by atoms with van der Waals surface area (Å²) < 4.78 is 69.7. The number of nitrogens with zero attached hydrogens (tertiary/aromatic N) is 12. The second-order valence-electron chi connectivity index (χ2n) is 14.8. The van der Waals surface area contributed by atoms with Crippen LogP contribution in [-0.4, -0.2) is 122 Å². The lowest BCUT2D eigenvalue weighted by Crippen LogP contribution is -2.55. The van der Waals surface area contributed by atoms with Crippen molar-refractivity contribution in [3.8, 4) is 23.3 Å². The van der Waals surface area contributed by atoms with Crippen molar-refractivity contribution in [1.82, 2.24) is 59.7 Å². The molecule has 2 unspecified atom stereocenters. The van der Waals surface area contributed by atoms with E-state index in [2.05, 4.69) is 40.3 Å². The fourth-order valence-electron chi connectivity index (χ4n) is 7.32. The first kappa shape index (κ1) is 41.5. The highest BCUT2D eigenvalue weighted by Gasteiger charge is 2.49. The summed E-state index contributed by atoms with van der Waals surface area (Å²) in [6.45, 7) is -0.800. The van der Waals surface area contributed by atoms with Gasteiger partial charge >= 0.3 is 6.01 Å². The molecule has 2 fully saturated rings. The van der Waals surface area contributed by atoms with E-state index >= 15 is 0 Å². The molecule has 10 rings (SSSR count). The second-order valence-corrected chi connectivity index (χ2v) is 14.8. The molecule has 4 aromatic carbocycles. The summed E-state index contributed by atoms with van der Waals surface area (Å²) in [5.41, 5.74) is 3.33. The Morgan fingerprint density at radius 2 is 1.03 bits per heavy atom. The van der Waals surface area contributed by atoms with Crippen LogP contribution in [0.1, 0.15) is 33.6 Å². The summed E-state index contributed by atoms with van der Waals surface area (Å²) in [4.78, 5) is 48.6. The van der Waals surface area contributed by atoms with Crippen molar-refractivity contribution in [2.75, 3.05) is 26.2 Å². The molecule has 0 spiro atoms. The molecule has 2 saturated heterocycles. The quantitative estimate of drug-likeness (QED) is 0.157. The largest absolute Gasteiger partial charge is 0.465 e. The van der Waals surface area contributed by atoms with Crippen molar-refractivity contribution < 1.29 is 36.6 Å². The molecule has 2 amide bonds. The van der Waals surface area contributed by atoms with Gasteiger partial charge in [0.1, 0.15) is 0 Å². The molecule has 6 heterocycles. The Morgan fingerprint density at radius 3 is 1.61 bits per heavy atom. The van der Waals surface area contributed by atoms with Gasteiger partial charge in [0.2, 0.25) is 5.88 Å². The predicted octanol–water partition coefficient (Wildman–Crippen LogP) is 6.28. The maximum Gasteiger partial charge on any atom is 0.317 e. The van der Waals surface area contributed by atoms with Gasteiger partial charge < -0.3 is 19.3 Å². The summed E-state index contributed by atoms with van der Waals surface area (Å²) in [5, 5.41) is 17.0. The van der Waals surface area contributed by atoms with Crippen LogP contribution in [0.4, 0.5) is 17.6 Å². The molecule has 4 aromatic heterocycles. The number of likely N-dealkylation sites (tertiary alicyclic amines) is 2. The topological polar surface area (TPSA) is 172 Å². The molecule has 324 valence electrons. The number of fused-ring (bicyclic) bond motifs is 2. The van der Waals surface area contributed by atoms with Crippen molar-refractivity contribution in [3.05, 3.63) is 145 Å².